The first kappa shape index (κ1) is 22.3. The van der Waals surface area contributed by atoms with Crippen LogP contribution in [-0.2, 0) is 4.79 Å². The van der Waals surface area contributed by atoms with E-state index in [4.69, 9.17) is 11.6 Å². The number of halogens is 2. The number of thioether (sulfide) groups is 1. The summed E-state index contributed by atoms with van der Waals surface area (Å²) in [6.45, 7) is 3.24. The number of nitrogens with one attached hydrogen (secondary N) is 3. The van der Waals surface area contributed by atoms with Gasteiger partial charge in [0.1, 0.15) is 0 Å². The van der Waals surface area contributed by atoms with Crippen molar-refractivity contribution in [1.29, 1.82) is 0 Å². The zero-order valence-electron chi connectivity index (χ0n) is 13.6. The lowest BCUT2D eigenvalue weighted by Gasteiger charge is -2.12. The molecular formula is C15H24ClIN4OS. The summed E-state index contributed by atoms with van der Waals surface area (Å²) in [4.78, 5) is 16.1. The molecule has 0 unspecified atom stereocenters. The molecule has 0 saturated carbocycles. The molecule has 0 spiro atoms. The largest absolute Gasteiger partial charge is 0.356 e. The molecule has 5 nitrogen and oxygen atoms in total. The number of rotatable bonds is 7. The Bertz CT molecular complexity index is 528. The second-order valence-corrected chi connectivity index (χ2v) is 6.02. The highest BCUT2D eigenvalue weighted by molar-refractivity contribution is 14.0. The van der Waals surface area contributed by atoms with E-state index < -0.39 is 0 Å². The van der Waals surface area contributed by atoms with Crippen LogP contribution in [0.15, 0.2) is 23.2 Å². The molecule has 0 saturated heterocycles. The maximum atomic E-state index is 11.9. The Morgan fingerprint density at radius 1 is 1.30 bits per heavy atom. The van der Waals surface area contributed by atoms with Crippen LogP contribution >= 0.6 is 47.3 Å². The summed E-state index contributed by atoms with van der Waals surface area (Å²) in [5.74, 6) is 1.66. The number of guanidine groups is 1. The third kappa shape index (κ3) is 8.66. The van der Waals surface area contributed by atoms with Crippen LogP contribution in [0.1, 0.15) is 12.0 Å². The number of carbonyl (C=O) groups excluding carboxylic acids is 1. The van der Waals surface area contributed by atoms with Gasteiger partial charge in [0.25, 0.3) is 0 Å². The van der Waals surface area contributed by atoms with Crippen LogP contribution in [0, 0.1) is 6.92 Å². The standard InChI is InChI=1S/C15H23ClN4OS.HI/c1-11-12(16)5-4-6-13(11)20-14(21)7-8-18-15(17-2)19-9-10-22-3;/h4-6H,7-10H2,1-3H3,(H,20,21)(H2,17,18,19);1H. The average molecular weight is 471 g/mol. The highest BCUT2D eigenvalue weighted by atomic mass is 127. The molecule has 0 radical (unpaired) electrons. The Morgan fingerprint density at radius 2 is 2.00 bits per heavy atom. The summed E-state index contributed by atoms with van der Waals surface area (Å²) < 4.78 is 0. The van der Waals surface area contributed by atoms with E-state index in [0.29, 0.717) is 23.9 Å². The van der Waals surface area contributed by atoms with Gasteiger partial charge in [-0.1, -0.05) is 17.7 Å². The van der Waals surface area contributed by atoms with Gasteiger partial charge in [-0.2, -0.15) is 11.8 Å². The number of carbonyl (C=O) groups is 1. The molecule has 8 heteroatoms. The number of aliphatic imine (C=N–C) groups is 1. The minimum Gasteiger partial charge on any atom is -0.356 e. The fourth-order valence-corrected chi connectivity index (χ4v) is 2.22. The van der Waals surface area contributed by atoms with Crippen molar-refractivity contribution < 1.29 is 4.79 Å². The molecular weight excluding hydrogens is 447 g/mol. The van der Waals surface area contributed by atoms with Crippen LogP contribution in [0.5, 0.6) is 0 Å². The smallest absolute Gasteiger partial charge is 0.226 e. The molecule has 0 fully saturated rings. The summed E-state index contributed by atoms with van der Waals surface area (Å²) in [6.07, 6.45) is 2.41. The van der Waals surface area contributed by atoms with Crippen molar-refractivity contribution in [2.24, 2.45) is 4.99 Å². The quantitative estimate of drug-likeness (QED) is 0.248. The molecule has 3 N–H and O–H groups in total. The third-order valence-electron chi connectivity index (χ3n) is 3.01. The molecule has 0 aliphatic heterocycles. The summed E-state index contributed by atoms with van der Waals surface area (Å²) in [6, 6.07) is 5.47. The number of nitrogens with zero attached hydrogens (tertiary/aromatic N) is 1. The fraction of sp³-hybridized carbons (Fsp3) is 0.467. The minimum atomic E-state index is -0.0579. The van der Waals surface area contributed by atoms with Gasteiger partial charge in [-0.05, 0) is 30.9 Å². The third-order valence-corrected chi connectivity index (χ3v) is 4.03. The molecule has 1 aromatic carbocycles. The Hall–Kier alpha value is -0.670. The SMILES string of the molecule is CN=C(NCCSC)NCCC(=O)Nc1cccc(Cl)c1C.I. The molecule has 1 amide bonds. The van der Waals surface area contributed by atoms with E-state index in [1.54, 1.807) is 24.9 Å². The predicted octanol–water partition coefficient (Wildman–Crippen LogP) is 3.12. The van der Waals surface area contributed by atoms with Crippen molar-refractivity contribution in [3.63, 3.8) is 0 Å². The highest BCUT2D eigenvalue weighted by Gasteiger charge is 2.07. The van der Waals surface area contributed by atoms with Crippen LogP contribution < -0.4 is 16.0 Å². The first-order valence-electron chi connectivity index (χ1n) is 7.07. The van der Waals surface area contributed by atoms with E-state index >= 15 is 0 Å². The van der Waals surface area contributed by atoms with Gasteiger partial charge in [0.15, 0.2) is 5.96 Å². The Kier molecular flexibility index (Phi) is 12.3. The van der Waals surface area contributed by atoms with E-state index in [0.717, 1.165) is 23.5 Å². The molecule has 0 aromatic heterocycles. The maximum absolute atomic E-state index is 11.9. The normalized spacial score (nSPS) is 10.7. The number of anilines is 1. The van der Waals surface area contributed by atoms with Crippen molar-refractivity contribution in [2.45, 2.75) is 13.3 Å². The Morgan fingerprint density at radius 3 is 2.65 bits per heavy atom. The highest BCUT2D eigenvalue weighted by Crippen LogP contribution is 2.22. The van der Waals surface area contributed by atoms with Crippen LogP contribution in [0.4, 0.5) is 5.69 Å². The fourth-order valence-electron chi connectivity index (χ4n) is 1.74. The van der Waals surface area contributed by atoms with Gasteiger partial charge in [0.05, 0.1) is 0 Å². The van der Waals surface area contributed by atoms with Crippen molar-refractivity contribution in [1.82, 2.24) is 10.6 Å². The average Bonchev–Trinajstić information content (AvgIpc) is 2.50. The van der Waals surface area contributed by atoms with E-state index in [1.165, 1.54) is 0 Å². The maximum Gasteiger partial charge on any atom is 0.226 e. The molecule has 0 heterocycles. The van der Waals surface area contributed by atoms with E-state index in [9.17, 15) is 4.79 Å². The lowest BCUT2D eigenvalue weighted by Crippen LogP contribution is -2.39. The van der Waals surface area contributed by atoms with Gasteiger partial charge in [-0.3, -0.25) is 9.79 Å². The molecule has 0 aliphatic rings. The second kappa shape index (κ2) is 12.7. The van der Waals surface area contributed by atoms with Gasteiger partial charge in [-0.15, -0.1) is 24.0 Å². The molecule has 0 atom stereocenters. The monoisotopic (exact) mass is 470 g/mol. The van der Waals surface area contributed by atoms with Crippen molar-refractivity contribution >= 4 is 64.9 Å². The molecule has 1 aromatic rings. The number of hydrogen-bond acceptors (Lipinski definition) is 3. The predicted molar refractivity (Wildman–Crippen MR) is 113 cm³/mol. The molecule has 1 rings (SSSR count). The molecule has 0 bridgehead atoms. The summed E-state index contributed by atoms with van der Waals surface area (Å²) in [5.41, 5.74) is 1.62. The first-order chi connectivity index (χ1) is 10.6. The van der Waals surface area contributed by atoms with Gasteiger partial charge in [0.2, 0.25) is 5.91 Å². The molecule has 0 aliphatic carbocycles. The van der Waals surface area contributed by atoms with Gasteiger partial charge < -0.3 is 16.0 Å². The van der Waals surface area contributed by atoms with Crippen molar-refractivity contribution in [3.8, 4) is 0 Å². The lowest BCUT2D eigenvalue weighted by atomic mass is 10.2. The minimum absolute atomic E-state index is 0. The number of amides is 1. The number of benzene rings is 1. The zero-order chi connectivity index (χ0) is 16.4. The Balaban J connectivity index is 0.00000484. The van der Waals surface area contributed by atoms with E-state index in [-0.39, 0.29) is 29.9 Å². The Labute approximate surface area is 164 Å². The van der Waals surface area contributed by atoms with E-state index in [2.05, 4.69) is 27.2 Å². The second-order valence-electron chi connectivity index (χ2n) is 4.63. The summed E-state index contributed by atoms with van der Waals surface area (Å²) in [7, 11) is 1.71. The van der Waals surface area contributed by atoms with Crippen molar-refractivity contribution in [2.75, 3.05) is 37.5 Å². The summed E-state index contributed by atoms with van der Waals surface area (Å²) in [5, 5.41) is 9.81. The van der Waals surface area contributed by atoms with Crippen molar-refractivity contribution in [3.05, 3.63) is 28.8 Å². The van der Waals surface area contributed by atoms with Crippen LogP contribution in [-0.4, -0.2) is 44.0 Å². The first-order valence-corrected chi connectivity index (χ1v) is 8.84. The van der Waals surface area contributed by atoms with E-state index in [1.807, 2.05) is 19.1 Å². The lowest BCUT2D eigenvalue weighted by molar-refractivity contribution is -0.116. The molecule has 130 valence electrons. The topological polar surface area (TPSA) is 65.5 Å². The number of hydrogen-bond donors (Lipinski definition) is 3. The van der Waals surface area contributed by atoms with Crippen LogP contribution in [0.3, 0.4) is 0 Å². The molecule has 23 heavy (non-hydrogen) atoms. The van der Waals surface area contributed by atoms with Gasteiger partial charge in [0, 0.05) is 43.0 Å². The van der Waals surface area contributed by atoms with Gasteiger partial charge in [-0.25, -0.2) is 0 Å². The van der Waals surface area contributed by atoms with Crippen LogP contribution in [0.2, 0.25) is 5.02 Å². The van der Waals surface area contributed by atoms with Crippen LogP contribution in [0.25, 0.3) is 0 Å². The summed E-state index contributed by atoms with van der Waals surface area (Å²) >= 11 is 7.80. The van der Waals surface area contributed by atoms with Gasteiger partial charge >= 0.3 is 0 Å². The zero-order valence-corrected chi connectivity index (χ0v) is 17.5.